The minimum absolute atomic E-state index is 0.0488. The minimum Gasteiger partial charge on any atom is -0.348 e. The Hall–Kier alpha value is -3.48. The van der Waals surface area contributed by atoms with Crippen molar-refractivity contribution in [2.24, 2.45) is 0 Å². The van der Waals surface area contributed by atoms with Crippen LogP contribution in [0.2, 0.25) is 10.0 Å². The number of rotatable bonds is 4. The molecule has 0 saturated heterocycles. The van der Waals surface area contributed by atoms with Gasteiger partial charge in [-0.25, -0.2) is 4.39 Å². The molecule has 0 saturated carbocycles. The number of nitrogens with zero attached hydrogens (tertiary/aromatic N) is 1. The van der Waals surface area contributed by atoms with E-state index in [0.29, 0.717) is 21.3 Å². The summed E-state index contributed by atoms with van der Waals surface area (Å²) in [5.41, 5.74) is 2.14. The topological polar surface area (TPSA) is 66.5 Å². The Morgan fingerprint density at radius 2 is 1.73 bits per heavy atom. The fourth-order valence-corrected chi connectivity index (χ4v) is 3.77. The van der Waals surface area contributed by atoms with Gasteiger partial charge < -0.3 is 10.2 Å². The van der Waals surface area contributed by atoms with Crippen LogP contribution in [0.15, 0.2) is 66.2 Å². The normalized spacial score (nSPS) is 14.4. The maximum atomic E-state index is 13.2. The fraction of sp³-hybridized carbons (Fsp3) is 0.0800. The molecule has 4 rings (SSSR count). The van der Waals surface area contributed by atoms with Crippen LogP contribution in [-0.2, 0) is 11.3 Å². The molecule has 0 unspecified atom stereocenters. The molecule has 1 aliphatic rings. The van der Waals surface area contributed by atoms with Gasteiger partial charge >= 0.3 is 0 Å². The van der Waals surface area contributed by atoms with E-state index in [1.807, 2.05) is 0 Å². The van der Waals surface area contributed by atoms with Crippen molar-refractivity contribution in [2.75, 3.05) is 11.9 Å². The van der Waals surface area contributed by atoms with E-state index in [0.717, 1.165) is 5.56 Å². The van der Waals surface area contributed by atoms with E-state index >= 15 is 0 Å². The Balaban J connectivity index is 1.62. The first-order valence-corrected chi connectivity index (χ1v) is 10.7. The lowest BCUT2D eigenvalue weighted by Gasteiger charge is -2.27. The van der Waals surface area contributed by atoms with E-state index in [1.54, 1.807) is 49.5 Å². The molecule has 0 bridgehead atoms. The Labute approximate surface area is 199 Å². The highest BCUT2D eigenvalue weighted by atomic mass is 35.5. The minimum atomic E-state index is -0.493. The monoisotopic (exact) mass is 482 g/mol. The van der Waals surface area contributed by atoms with Crippen molar-refractivity contribution in [2.45, 2.75) is 6.54 Å². The molecule has 2 amide bonds. The summed E-state index contributed by atoms with van der Waals surface area (Å²) in [5.74, 6) is -1.72. The van der Waals surface area contributed by atoms with Gasteiger partial charge in [-0.2, -0.15) is 0 Å². The van der Waals surface area contributed by atoms with Crippen molar-refractivity contribution in [3.63, 3.8) is 0 Å². The number of Topliss-reactive ketones (excluding diaryl/α,β-unsaturated/α-hetero) is 1. The zero-order valence-corrected chi connectivity index (χ0v) is 18.9. The lowest BCUT2D eigenvalue weighted by Crippen LogP contribution is -2.37. The zero-order chi connectivity index (χ0) is 23.7. The molecule has 1 heterocycles. The third-order valence-electron chi connectivity index (χ3n) is 5.27. The average Bonchev–Trinajstić information content (AvgIpc) is 2.81. The molecular weight excluding hydrogens is 466 g/mol. The molecule has 0 atom stereocenters. The molecular formula is C25H17Cl2FN2O3. The molecule has 0 spiro atoms. The van der Waals surface area contributed by atoms with E-state index in [9.17, 15) is 18.8 Å². The summed E-state index contributed by atoms with van der Waals surface area (Å²) in [4.78, 5) is 40.0. The number of carbonyl (C=O) groups excluding carboxylic acids is 3. The lowest BCUT2D eigenvalue weighted by molar-refractivity contribution is -0.114. The van der Waals surface area contributed by atoms with Crippen LogP contribution in [0.1, 0.15) is 31.8 Å². The summed E-state index contributed by atoms with van der Waals surface area (Å²) in [5, 5.41) is 3.41. The van der Waals surface area contributed by atoms with Crippen LogP contribution in [0.4, 0.5) is 10.1 Å². The number of carbonyl (C=O) groups is 3. The number of ketones is 1. The average molecular weight is 483 g/mol. The maximum absolute atomic E-state index is 13.2. The number of benzene rings is 3. The second-order valence-electron chi connectivity index (χ2n) is 7.47. The summed E-state index contributed by atoms with van der Waals surface area (Å²) in [6.45, 7) is 0.199. The largest absolute Gasteiger partial charge is 0.348 e. The summed E-state index contributed by atoms with van der Waals surface area (Å²) >= 11 is 12.0. The van der Waals surface area contributed by atoms with Crippen molar-refractivity contribution in [1.82, 2.24) is 5.32 Å². The second kappa shape index (κ2) is 9.17. The zero-order valence-electron chi connectivity index (χ0n) is 17.4. The number of anilines is 1. The van der Waals surface area contributed by atoms with E-state index in [2.05, 4.69) is 5.32 Å². The molecule has 0 aromatic heterocycles. The van der Waals surface area contributed by atoms with Crippen LogP contribution in [-0.4, -0.2) is 24.6 Å². The molecule has 0 aliphatic carbocycles. The maximum Gasteiger partial charge on any atom is 0.262 e. The van der Waals surface area contributed by atoms with Gasteiger partial charge in [-0.3, -0.25) is 14.4 Å². The summed E-state index contributed by atoms with van der Waals surface area (Å²) in [6, 6.07) is 15.1. The van der Waals surface area contributed by atoms with Crippen LogP contribution in [0.25, 0.3) is 6.08 Å². The molecule has 5 nitrogen and oxygen atoms in total. The molecule has 0 radical (unpaired) electrons. The first-order valence-electron chi connectivity index (χ1n) is 9.91. The van der Waals surface area contributed by atoms with Gasteiger partial charge in [0.05, 0.1) is 21.3 Å². The first-order chi connectivity index (χ1) is 15.7. The Bertz CT molecular complexity index is 1320. The molecule has 8 heteroatoms. The quantitative estimate of drug-likeness (QED) is 0.405. The number of fused-ring (bicyclic) bond motifs is 1. The molecule has 0 fully saturated rings. The van der Waals surface area contributed by atoms with Gasteiger partial charge in [-0.15, -0.1) is 0 Å². The van der Waals surface area contributed by atoms with Crippen LogP contribution in [0, 0.1) is 5.82 Å². The number of hydrogen-bond donors (Lipinski definition) is 1. The van der Waals surface area contributed by atoms with Gasteiger partial charge in [-0.05, 0) is 59.7 Å². The molecule has 166 valence electrons. The fourth-order valence-electron chi connectivity index (χ4n) is 3.47. The number of hydrogen-bond acceptors (Lipinski definition) is 3. The van der Waals surface area contributed by atoms with E-state index in [1.165, 1.54) is 29.2 Å². The molecule has 3 aromatic carbocycles. The van der Waals surface area contributed by atoms with Crippen molar-refractivity contribution in [3.8, 4) is 0 Å². The predicted molar refractivity (Wildman–Crippen MR) is 126 cm³/mol. The molecule has 3 aromatic rings. The van der Waals surface area contributed by atoms with Gasteiger partial charge in [0, 0.05) is 24.7 Å². The smallest absolute Gasteiger partial charge is 0.262 e. The van der Waals surface area contributed by atoms with Crippen molar-refractivity contribution in [3.05, 3.63) is 104 Å². The Morgan fingerprint density at radius 1 is 1.00 bits per heavy atom. The van der Waals surface area contributed by atoms with Crippen molar-refractivity contribution < 1.29 is 18.8 Å². The van der Waals surface area contributed by atoms with Crippen LogP contribution >= 0.6 is 23.2 Å². The van der Waals surface area contributed by atoms with Gasteiger partial charge in [0.15, 0.2) is 0 Å². The van der Waals surface area contributed by atoms with Gasteiger partial charge in [-0.1, -0.05) is 41.4 Å². The Morgan fingerprint density at radius 3 is 2.42 bits per heavy atom. The highest BCUT2D eigenvalue weighted by Crippen LogP contribution is 2.32. The molecule has 33 heavy (non-hydrogen) atoms. The number of halogens is 3. The van der Waals surface area contributed by atoms with E-state index in [-0.39, 0.29) is 29.1 Å². The van der Waals surface area contributed by atoms with Crippen molar-refractivity contribution >= 4 is 52.6 Å². The second-order valence-corrected chi connectivity index (χ2v) is 8.28. The molecule has 1 aliphatic heterocycles. The van der Waals surface area contributed by atoms with Crippen molar-refractivity contribution in [1.29, 1.82) is 0 Å². The lowest BCUT2D eigenvalue weighted by atomic mass is 9.92. The third-order valence-corrected chi connectivity index (χ3v) is 6.00. The van der Waals surface area contributed by atoms with E-state index in [4.69, 9.17) is 23.2 Å². The van der Waals surface area contributed by atoms with Gasteiger partial charge in [0.25, 0.3) is 11.8 Å². The highest BCUT2D eigenvalue weighted by Gasteiger charge is 2.33. The summed E-state index contributed by atoms with van der Waals surface area (Å²) in [7, 11) is 1.56. The summed E-state index contributed by atoms with van der Waals surface area (Å²) < 4.78 is 13.0. The Kier molecular flexibility index (Phi) is 6.31. The van der Waals surface area contributed by atoms with Crippen LogP contribution in [0.3, 0.4) is 0 Å². The van der Waals surface area contributed by atoms with Crippen LogP contribution < -0.4 is 10.2 Å². The number of amides is 2. The summed E-state index contributed by atoms with van der Waals surface area (Å²) in [6.07, 6.45) is 1.45. The highest BCUT2D eigenvalue weighted by molar-refractivity contribution is 6.42. The number of nitrogens with one attached hydrogen (secondary N) is 1. The van der Waals surface area contributed by atoms with Crippen LogP contribution in [0.5, 0.6) is 0 Å². The first kappa shape index (κ1) is 22.7. The molecule has 1 N–H and O–H groups in total. The number of likely N-dealkylation sites (N-methyl/N-ethyl adjacent to an activating group) is 1. The van der Waals surface area contributed by atoms with Gasteiger partial charge in [0.2, 0.25) is 5.78 Å². The third kappa shape index (κ3) is 4.67. The van der Waals surface area contributed by atoms with E-state index < -0.39 is 17.6 Å². The SMILES string of the molecule is CN1C(=O)/C(=C\c2ccc(Cl)c(Cl)c2)C(=O)c2cc(C(=O)NCc3ccc(F)cc3)ccc21. The standard InChI is InChI=1S/C25H17Cl2FN2O3/c1-30-22-9-5-16(24(32)29-13-14-2-6-17(28)7-3-14)12-18(22)23(31)19(25(30)33)10-15-4-8-20(26)21(27)11-15/h2-12H,13H2,1H3,(H,29,32)/b19-10-. The van der Waals surface area contributed by atoms with Gasteiger partial charge in [0.1, 0.15) is 5.82 Å². The predicted octanol–water partition coefficient (Wildman–Crippen LogP) is 5.31.